The average Bonchev–Trinajstić information content (AvgIpc) is 2.60. The van der Waals surface area contributed by atoms with Crippen molar-refractivity contribution in [3.63, 3.8) is 0 Å². The summed E-state index contributed by atoms with van der Waals surface area (Å²) in [6.45, 7) is 0. The van der Waals surface area contributed by atoms with Gasteiger partial charge in [0.05, 0.1) is 11.4 Å². The SMILES string of the molecule is O=C1OC(C(=O)O)(c2ccccc2)CC(O)=C1Sc1ccccc1Cl. The predicted octanol–water partition coefficient (Wildman–Crippen LogP) is 4.13. The number of carbonyl (C=O) groups is 2. The molecule has 0 radical (unpaired) electrons. The van der Waals surface area contributed by atoms with Crippen LogP contribution in [0.4, 0.5) is 0 Å². The number of aliphatic hydroxyl groups is 1. The Hall–Kier alpha value is -2.44. The molecule has 1 unspecified atom stereocenters. The Labute approximate surface area is 152 Å². The van der Waals surface area contributed by atoms with Crippen molar-refractivity contribution in [3.8, 4) is 0 Å². The standard InChI is InChI=1S/C18H13ClO5S/c19-12-8-4-5-9-14(12)25-15-13(20)10-18(17(22)23,24-16(15)21)11-6-2-1-3-7-11/h1-9,20H,10H2,(H,22,23). The first-order chi connectivity index (χ1) is 11.9. The summed E-state index contributed by atoms with van der Waals surface area (Å²) in [6, 6.07) is 14.9. The van der Waals surface area contributed by atoms with E-state index in [-0.39, 0.29) is 22.6 Å². The van der Waals surface area contributed by atoms with Gasteiger partial charge in [0.25, 0.3) is 0 Å². The van der Waals surface area contributed by atoms with Crippen LogP contribution in [-0.2, 0) is 19.9 Å². The van der Waals surface area contributed by atoms with Gasteiger partial charge >= 0.3 is 11.9 Å². The number of rotatable bonds is 4. The zero-order valence-corrected chi connectivity index (χ0v) is 14.4. The van der Waals surface area contributed by atoms with Gasteiger partial charge in [-0.15, -0.1) is 0 Å². The summed E-state index contributed by atoms with van der Waals surface area (Å²) in [4.78, 5) is 24.8. The number of hydrogen-bond donors (Lipinski definition) is 2. The molecule has 0 saturated carbocycles. The third-order valence-corrected chi connectivity index (χ3v) is 5.39. The maximum Gasteiger partial charge on any atom is 0.353 e. The minimum Gasteiger partial charge on any atom is -0.511 e. The van der Waals surface area contributed by atoms with Gasteiger partial charge in [0, 0.05) is 10.5 Å². The van der Waals surface area contributed by atoms with Crippen LogP contribution in [0.5, 0.6) is 0 Å². The Morgan fingerprint density at radius 3 is 2.36 bits per heavy atom. The summed E-state index contributed by atoms with van der Waals surface area (Å²) in [7, 11) is 0. The van der Waals surface area contributed by atoms with E-state index in [1.807, 2.05) is 0 Å². The first kappa shape index (κ1) is 17.4. The summed E-state index contributed by atoms with van der Waals surface area (Å²) in [5.41, 5.74) is -1.67. The van der Waals surface area contributed by atoms with E-state index < -0.39 is 17.5 Å². The van der Waals surface area contributed by atoms with Crippen LogP contribution in [-0.4, -0.2) is 22.2 Å². The third-order valence-electron chi connectivity index (χ3n) is 3.77. The van der Waals surface area contributed by atoms with Crippen LogP contribution in [0.3, 0.4) is 0 Å². The van der Waals surface area contributed by atoms with Crippen molar-refractivity contribution in [1.82, 2.24) is 0 Å². The van der Waals surface area contributed by atoms with Crippen molar-refractivity contribution in [2.24, 2.45) is 0 Å². The van der Waals surface area contributed by atoms with E-state index in [0.717, 1.165) is 11.8 Å². The molecule has 7 heteroatoms. The largest absolute Gasteiger partial charge is 0.511 e. The van der Waals surface area contributed by atoms with Gasteiger partial charge in [0.2, 0.25) is 5.60 Å². The summed E-state index contributed by atoms with van der Waals surface area (Å²) < 4.78 is 5.30. The van der Waals surface area contributed by atoms with Crippen LogP contribution >= 0.6 is 23.4 Å². The molecule has 3 rings (SSSR count). The zero-order valence-electron chi connectivity index (χ0n) is 12.8. The predicted molar refractivity (Wildman–Crippen MR) is 93.4 cm³/mol. The van der Waals surface area contributed by atoms with Gasteiger partial charge in [-0.1, -0.05) is 65.8 Å². The fourth-order valence-electron chi connectivity index (χ4n) is 2.52. The molecule has 1 atom stereocenters. The van der Waals surface area contributed by atoms with Crippen molar-refractivity contribution in [1.29, 1.82) is 0 Å². The Kier molecular flexibility index (Phi) is 4.74. The highest BCUT2D eigenvalue weighted by atomic mass is 35.5. The number of hydrogen-bond acceptors (Lipinski definition) is 5. The van der Waals surface area contributed by atoms with E-state index in [2.05, 4.69) is 0 Å². The fraction of sp³-hybridized carbons (Fsp3) is 0.111. The molecule has 0 amide bonds. The normalized spacial score (nSPS) is 20.3. The Morgan fingerprint density at radius 1 is 1.12 bits per heavy atom. The maximum absolute atomic E-state index is 12.4. The monoisotopic (exact) mass is 376 g/mol. The summed E-state index contributed by atoms with van der Waals surface area (Å²) in [6.07, 6.45) is -0.356. The van der Waals surface area contributed by atoms with Crippen LogP contribution in [0.2, 0.25) is 5.02 Å². The van der Waals surface area contributed by atoms with Gasteiger partial charge in [0.15, 0.2) is 0 Å². The molecule has 5 nitrogen and oxygen atoms in total. The van der Waals surface area contributed by atoms with Crippen LogP contribution in [0.25, 0.3) is 0 Å². The van der Waals surface area contributed by atoms with Gasteiger partial charge < -0.3 is 14.9 Å². The van der Waals surface area contributed by atoms with Crippen LogP contribution in [0.15, 0.2) is 70.2 Å². The van der Waals surface area contributed by atoms with Gasteiger partial charge in [0.1, 0.15) is 10.7 Å². The second-order valence-electron chi connectivity index (χ2n) is 5.37. The number of carboxylic acid groups (broad SMARTS) is 1. The van der Waals surface area contributed by atoms with Crippen molar-refractivity contribution >= 4 is 35.3 Å². The number of carbonyl (C=O) groups excluding carboxylic acids is 1. The van der Waals surface area contributed by atoms with E-state index in [9.17, 15) is 19.8 Å². The fourth-order valence-corrected chi connectivity index (χ4v) is 3.62. The molecule has 2 aromatic rings. The van der Waals surface area contributed by atoms with Crippen LogP contribution in [0.1, 0.15) is 12.0 Å². The number of halogens is 1. The number of esters is 1. The topological polar surface area (TPSA) is 83.8 Å². The number of carboxylic acids is 1. The lowest BCUT2D eigenvalue weighted by atomic mass is 9.88. The van der Waals surface area contributed by atoms with E-state index >= 15 is 0 Å². The lowest BCUT2D eigenvalue weighted by molar-refractivity contribution is -0.180. The van der Waals surface area contributed by atoms with Gasteiger partial charge in [-0.2, -0.15) is 0 Å². The minimum absolute atomic E-state index is 0.0686. The number of thioether (sulfide) groups is 1. The number of benzene rings is 2. The van der Waals surface area contributed by atoms with Crippen molar-refractivity contribution in [3.05, 3.63) is 75.8 Å². The summed E-state index contributed by atoms with van der Waals surface area (Å²) in [5, 5.41) is 20.5. The first-order valence-electron chi connectivity index (χ1n) is 7.31. The van der Waals surface area contributed by atoms with Gasteiger partial charge in [-0.05, 0) is 12.1 Å². The molecule has 128 valence electrons. The number of ether oxygens (including phenoxy) is 1. The molecule has 0 spiro atoms. The summed E-state index contributed by atoms with van der Waals surface area (Å²) >= 11 is 7.02. The third kappa shape index (κ3) is 3.23. The molecule has 0 bridgehead atoms. The molecule has 1 aliphatic heterocycles. The van der Waals surface area contributed by atoms with E-state index in [4.69, 9.17) is 16.3 Å². The average molecular weight is 377 g/mol. The second-order valence-corrected chi connectivity index (χ2v) is 6.83. The molecule has 1 heterocycles. The molecule has 0 aliphatic carbocycles. The highest BCUT2D eigenvalue weighted by molar-refractivity contribution is 8.04. The molecule has 0 fully saturated rings. The van der Waals surface area contributed by atoms with Gasteiger partial charge in [-0.3, -0.25) is 0 Å². The first-order valence-corrected chi connectivity index (χ1v) is 8.50. The molecular formula is C18H13ClO5S. The Morgan fingerprint density at radius 2 is 1.76 bits per heavy atom. The zero-order chi connectivity index (χ0) is 18.0. The molecule has 25 heavy (non-hydrogen) atoms. The van der Waals surface area contributed by atoms with Crippen LogP contribution < -0.4 is 0 Å². The number of cyclic esters (lactones) is 1. The molecular weight excluding hydrogens is 364 g/mol. The second kappa shape index (κ2) is 6.82. The van der Waals surface area contributed by atoms with Crippen molar-refractivity contribution in [2.45, 2.75) is 16.9 Å². The number of aliphatic carboxylic acids is 1. The highest BCUT2D eigenvalue weighted by Gasteiger charge is 2.50. The molecule has 0 aromatic heterocycles. The summed E-state index contributed by atoms with van der Waals surface area (Å²) in [5.74, 6) is -2.59. The van der Waals surface area contributed by atoms with Gasteiger partial charge in [-0.25, -0.2) is 9.59 Å². The van der Waals surface area contributed by atoms with Crippen molar-refractivity contribution < 1.29 is 24.5 Å². The molecule has 0 saturated heterocycles. The lowest BCUT2D eigenvalue weighted by Crippen LogP contribution is -2.44. The lowest BCUT2D eigenvalue weighted by Gasteiger charge is -2.33. The highest BCUT2D eigenvalue weighted by Crippen LogP contribution is 2.43. The smallest absolute Gasteiger partial charge is 0.353 e. The van der Waals surface area contributed by atoms with Crippen molar-refractivity contribution in [2.75, 3.05) is 0 Å². The minimum atomic E-state index is -1.95. The van der Waals surface area contributed by atoms with E-state index in [0.29, 0.717) is 9.92 Å². The van der Waals surface area contributed by atoms with Crippen LogP contribution in [0, 0.1) is 0 Å². The quantitative estimate of drug-likeness (QED) is 0.780. The molecule has 2 N–H and O–H groups in total. The van der Waals surface area contributed by atoms with E-state index in [1.165, 1.54) is 0 Å². The van der Waals surface area contributed by atoms with E-state index in [1.54, 1.807) is 54.6 Å². The maximum atomic E-state index is 12.4. The Bertz CT molecular complexity index is 865. The number of aliphatic hydroxyl groups excluding tert-OH is 1. The molecule has 2 aromatic carbocycles. The molecule has 1 aliphatic rings. The Balaban J connectivity index is 2.00.